The molecule has 0 atom stereocenters. The van der Waals surface area contributed by atoms with Crippen LogP contribution in [-0.2, 0) is 6.54 Å². The number of rotatable bonds is 3. The maximum Gasteiger partial charge on any atom is 0.337 e. The molecule has 0 radical (unpaired) electrons. The number of hydrogen-bond acceptors (Lipinski definition) is 3. The Labute approximate surface area is 109 Å². The lowest BCUT2D eigenvalue weighted by Gasteiger charge is -2.04. The first-order valence-electron chi connectivity index (χ1n) is 5.82. The Morgan fingerprint density at radius 2 is 2.00 bits per heavy atom. The highest BCUT2D eigenvalue weighted by Crippen LogP contribution is 2.18. The average Bonchev–Trinajstić information content (AvgIpc) is 2.83. The van der Waals surface area contributed by atoms with E-state index >= 15 is 0 Å². The van der Waals surface area contributed by atoms with Crippen LogP contribution in [0.1, 0.15) is 15.9 Å². The highest BCUT2D eigenvalue weighted by molar-refractivity contribution is 6.00. The summed E-state index contributed by atoms with van der Waals surface area (Å²) in [4.78, 5) is 19.3. The van der Waals surface area contributed by atoms with Gasteiger partial charge in [0.25, 0.3) is 0 Å². The number of nitrogens with zero attached hydrogens (tertiary/aromatic N) is 3. The van der Waals surface area contributed by atoms with Gasteiger partial charge in [-0.05, 0) is 29.8 Å². The van der Waals surface area contributed by atoms with Crippen molar-refractivity contribution in [3.05, 3.63) is 60.2 Å². The molecule has 94 valence electrons. The van der Waals surface area contributed by atoms with E-state index in [4.69, 9.17) is 5.11 Å². The van der Waals surface area contributed by atoms with Gasteiger partial charge in [-0.3, -0.25) is 4.98 Å². The Morgan fingerprint density at radius 1 is 1.21 bits per heavy atom. The van der Waals surface area contributed by atoms with Crippen LogP contribution in [0.2, 0.25) is 0 Å². The van der Waals surface area contributed by atoms with Gasteiger partial charge in [0.05, 0.1) is 17.4 Å². The van der Waals surface area contributed by atoms with Gasteiger partial charge in [0.2, 0.25) is 0 Å². The molecule has 1 N–H and O–H groups in total. The molecule has 19 heavy (non-hydrogen) atoms. The largest absolute Gasteiger partial charge is 0.478 e. The molecule has 0 saturated heterocycles. The Hall–Kier alpha value is -2.69. The molecular formula is C14H11N3O2. The molecule has 0 bridgehead atoms. The molecule has 3 rings (SSSR count). The first-order valence-corrected chi connectivity index (χ1v) is 5.82. The summed E-state index contributed by atoms with van der Waals surface area (Å²) >= 11 is 0. The lowest BCUT2D eigenvalue weighted by atomic mass is 10.2. The van der Waals surface area contributed by atoms with Crippen LogP contribution in [0.3, 0.4) is 0 Å². The summed E-state index contributed by atoms with van der Waals surface area (Å²) in [5.74, 6) is -0.959. The highest BCUT2D eigenvalue weighted by Gasteiger charge is 2.12. The molecule has 0 fully saturated rings. The van der Waals surface area contributed by atoms with Gasteiger partial charge in [-0.25, -0.2) is 9.78 Å². The smallest absolute Gasteiger partial charge is 0.337 e. The van der Waals surface area contributed by atoms with Crippen LogP contribution in [0.15, 0.2) is 49.1 Å². The summed E-state index contributed by atoms with van der Waals surface area (Å²) in [6.07, 6.45) is 5.13. The van der Waals surface area contributed by atoms with E-state index in [0.29, 0.717) is 12.1 Å². The maximum atomic E-state index is 11.1. The van der Waals surface area contributed by atoms with Crippen molar-refractivity contribution in [2.45, 2.75) is 6.54 Å². The number of carboxylic acids is 1. The van der Waals surface area contributed by atoms with Crippen molar-refractivity contribution in [3.8, 4) is 0 Å². The Morgan fingerprint density at radius 3 is 2.74 bits per heavy atom. The molecule has 0 aliphatic carbocycles. The number of para-hydroxylation sites is 1. The van der Waals surface area contributed by atoms with Crippen LogP contribution in [0.4, 0.5) is 0 Å². The Balaban J connectivity index is 2.07. The molecule has 0 saturated carbocycles. The van der Waals surface area contributed by atoms with E-state index in [2.05, 4.69) is 9.97 Å². The zero-order chi connectivity index (χ0) is 13.2. The van der Waals surface area contributed by atoms with Crippen LogP contribution in [0, 0.1) is 0 Å². The van der Waals surface area contributed by atoms with E-state index in [-0.39, 0.29) is 5.56 Å². The van der Waals surface area contributed by atoms with E-state index in [1.807, 2.05) is 22.8 Å². The van der Waals surface area contributed by atoms with Crippen molar-refractivity contribution in [1.82, 2.24) is 14.5 Å². The van der Waals surface area contributed by atoms with E-state index in [0.717, 1.165) is 11.1 Å². The molecule has 0 amide bonds. The first-order chi connectivity index (χ1) is 9.25. The summed E-state index contributed by atoms with van der Waals surface area (Å²) in [6, 6.07) is 9.01. The molecule has 2 heterocycles. The van der Waals surface area contributed by atoms with Gasteiger partial charge in [-0.15, -0.1) is 0 Å². The minimum Gasteiger partial charge on any atom is -0.478 e. The fourth-order valence-corrected chi connectivity index (χ4v) is 2.07. The summed E-state index contributed by atoms with van der Waals surface area (Å²) in [7, 11) is 0. The van der Waals surface area contributed by atoms with Crippen molar-refractivity contribution in [1.29, 1.82) is 0 Å². The molecular weight excluding hydrogens is 242 g/mol. The van der Waals surface area contributed by atoms with E-state index in [1.165, 1.54) is 0 Å². The molecule has 3 aromatic rings. The van der Waals surface area contributed by atoms with Crippen molar-refractivity contribution in [2.75, 3.05) is 0 Å². The van der Waals surface area contributed by atoms with Crippen molar-refractivity contribution < 1.29 is 9.90 Å². The topological polar surface area (TPSA) is 68.0 Å². The molecule has 2 aromatic heterocycles. The van der Waals surface area contributed by atoms with E-state index in [1.54, 1.807) is 30.9 Å². The first kappa shape index (κ1) is 11.4. The second-order valence-corrected chi connectivity index (χ2v) is 4.21. The number of carbonyl (C=O) groups is 1. The number of hydrogen-bond donors (Lipinski definition) is 1. The molecule has 0 aliphatic rings. The standard InChI is InChI=1S/C14H11N3O2/c18-14(19)11-2-1-3-12-13(11)16-9-17(12)8-10-4-6-15-7-5-10/h1-7,9H,8H2,(H,18,19). The van der Waals surface area contributed by atoms with Gasteiger partial charge in [0, 0.05) is 18.9 Å². The van der Waals surface area contributed by atoms with Crippen LogP contribution < -0.4 is 0 Å². The predicted octanol–water partition coefficient (Wildman–Crippen LogP) is 2.18. The highest BCUT2D eigenvalue weighted by atomic mass is 16.4. The fourth-order valence-electron chi connectivity index (χ4n) is 2.07. The summed E-state index contributed by atoms with van der Waals surface area (Å²) in [5.41, 5.74) is 2.65. The zero-order valence-electron chi connectivity index (χ0n) is 10.0. The number of benzene rings is 1. The van der Waals surface area contributed by atoms with Crippen LogP contribution in [-0.4, -0.2) is 25.6 Å². The zero-order valence-corrected chi connectivity index (χ0v) is 10.0. The van der Waals surface area contributed by atoms with Crippen molar-refractivity contribution in [3.63, 3.8) is 0 Å². The SMILES string of the molecule is O=C(O)c1cccc2c1ncn2Cc1ccncc1. The third-order valence-electron chi connectivity index (χ3n) is 2.98. The minimum absolute atomic E-state index is 0.228. The van der Waals surface area contributed by atoms with Crippen LogP contribution in [0.25, 0.3) is 11.0 Å². The third kappa shape index (κ3) is 2.06. The van der Waals surface area contributed by atoms with Crippen molar-refractivity contribution >= 4 is 17.0 Å². The monoisotopic (exact) mass is 253 g/mol. The Kier molecular flexibility index (Phi) is 2.72. The van der Waals surface area contributed by atoms with Gasteiger partial charge in [-0.1, -0.05) is 6.07 Å². The van der Waals surface area contributed by atoms with E-state index < -0.39 is 5.97 Å². The molecule has 5 heteroatoms. The van der Waals surface area contributed by atoms with Crippen LogP contribution in [0.5, 0.6) is 0 Å². The van der Waals surface area contributed by atoms with Crippen LogP contribution >= 0.6 is 0 Å². The average molecular weight is 253 g/mol. The normalized spacial score (nSPS) is 10.7. The van der Waals surface area contributed by atoms with E-state index in [9.17, 15) is 4.79 Å². The molecule has 5 nitrogen and oxygen atoms in total. The molecule has 0 aliphatic heterocycles. The summed E-state index contributed by atoms with van der Waals surface area (Å²) in [6.45, 7) is 0.641. The quantitative estimate of drug-likeness (QED) is 0.776. The number of carboxylic acid groups (broad SMARTS) is 1. The van der Waals surface area contributed by atoms with Gasteiger partial charge in [0.1, 0.15) is 5.52 Å². The van der Waals surface area contributed by atoms with Crippen molar-refractivity contribution in [2.24, 2.45) is 0 Å². The van der Waals surface area contributed by atoms with Gasteiger partial charge < -0.3 is 9.67 Å². The predicted molar refractivity (Wildman–Crippen MR) is 70.0 cm³/mol. The second kappa shape index (κ2) is 4.53. The molecule has 1 aromatic carbocycles. The number of aromatic carboxylic acids is 1. The minimum atomic E-state index is -0.959. The molecule has 0 spiro atoms. The maximum absolute atomic E-state index is 11.1. The second-order valence-electron chi connectivity index (χ2n) is 4.21. The third-order valence-corrected chi connectivity index (χ3v) is 2.98. The number of aromatic nitrogens is 3. The summed E-state index contributed by atoms with van der Waals surface area (Å²) < 4.78 is 1.93. The number of imidazole rings is 1. The van der Waals surface area contributed by atoms with Gasteiger partial charge >= 0.3 is 5.97 Å². The van der Waals surface area contributed by atoms with Gasteiger partial charge in [-0.2, -0.15) is 0 Å². The molecule has 0 unspecified atom stereocenters. The van der Waals surface area contributed by atoms with Gasteiger partial charge in [0.15, 0.2) is 0 Å². The lowest BCUT2D eigenvalue weighted by molar-refractivity contribution is 0.0699. The fraction of sp³-hybridized carbons (Fsp3) is 0.0714. The lowest BCUT2D eigenvalue weighted by Crippen LogP contribution is -2.00. The number of pyridine rings is 1. The Bertz CT molecular complexity index is 735. The number of fused-ring (bicyclic) bond motifs is 1. The summed E-state index contributed by atoms with van der Waals surface area (Å²) in [5, 5.41) is 9.12.